The predicted molar refractivity (Wildman–Crippen MR) is 81.3 cm³/mol. The van der Waals surface area contributed by atoms with Gasteiger partial charge in [0.25, 0.3) is 5.69 Å². The SMILES string of the molecule is CCCC1(C(=O)Nc2cccc([N+](=O)[O-])c2C)CCCN1. The monoisotopic (exact) mass is 291 g/mol. The first-order chi connectivity index (χ1) is 10.00. The molecule has 0 aliphatic carbocycles. The number of amides is 1. The first-order valence-electron chi connectivity index (χ1n) is 7.30. The van der Waals surface area contributed by atoms with Crippen LogP contribution in [0.3, 0.4) is 0 Å². The zero-order valence-corrected chi connectivity index (χ0v) is 12.4. The van der Waals surface area contributed by atoms with Gasteiger partial charge in [-0.15, -0.1) is 0 Å². The molecule has 1 aromatic rings. The summed E-state index contributed by atoms with van der Waals surface area (Å²) in [5, 5.41) is 17.1. The molecule has 0 spiro atoms. The van der Waals surface area contributed by atoms with Crippen LogP contribution in [-0.4, -0.2) is 22.9 Å². The fourth-order valence-corrected chi connectivity index (χ4v) is 2.95. The van der Waals surface area contributed by atoms with Crippen LogP contribution >= 0.6 is 0 Å². The molecule has 0 aromatic heterocycles. The summed E-state index contributed by atoms with van der Waals surface area (Å²) in [4.78, 5) is 23.1. The van der Waals surface area contributed by atoms with E-state index in [0.717, 1.165) is 32.2 Å². The predicted octanol–water partition coefficient (Wildman–Crippen LogP) is 2.76. The third kappa shape index (κ3) is 3.05. The molecule has 1 atom stereocenters. The van der Waals surface area contributed by atoms with Gasteiger partial charge in [-0.25, -0.2) is 0 Å². The number of nitro groups is 1. The van der Waals surface area contributed by atoms with E-state index in [2.05, 4.69) is 10.6 Å². The Morgan fingerprint density at radius 2 is 2.29 bits per heavy atom. The number of nitrogens with zero attached hydrogens (tertiary/aromatic N) is 1. The maximum Gasteiger partial charge on any atom is 0.274 e. The Morgan fingerprint density at radius 3 is 2.86 bits per heavy atom. The van der Waals surface area contributed by atoms with Gasteiger partial charge < -0.3 is 10.6 Å². The minimum atomic E-state index is -0.536. The average molecular weight is 291 g/mol. The lowest BCUT2D eigenvalue weighted by atomic mass is 9.90. The fraction of sp³-hybridized carbons (Fsp3) is 0.533. The Bertz CT molecular complexity index is 551. The summed E-state index contributed by atoms with van der Waals surface area (Å²) in [6.07, 6.45) is 3.46. The van der Waals surface area contributed by atoms with Crippen LogP contribution in [0.5, 0.6) is 0 Å². The van der Waals surface area contributed by atoms with E-state index in [9.17, 15) is 14.9 Å². The Morgan fingerprint density at radius 1 is 1.52 bits per heavy atom. The maximum absolute atomic E-state index is 12.6. The Kier molecular flexibility index (Phi) is 4.57. The fourth-order valence-electron chi connectivity index (χ4n) is 2.95. The number of rotatable bonds is 5. The van der Waals surface area contributed by atoms with Crippen molar-refractivity contribution in [3.05, 3.63) is 33.9 Å². The van der Waals surface area contributed by atoms with Crippen LogP contribution in [0.4, 0.5) is 11.4 Å². The number of anilines is 1. The third-order valence-corrected chi connectivity index (χ3v) is 4.11. The third-order valence-electron chi connectivity index (χ3n) is 4.11. The minimum absolute atomic E-state index is 0.0247. The van der Waals surface area contributed by atoms with Gasteiger partial charge in [0.05, 0.1) is 21.7 Å². The normalized spacial score (nSPS) is 21.2. The van der Waals surface area contributed by atoms with Crippen LogP contribution in [-0.2, 0) is 4.79 Å². The van der Waals surface area contributed by atoms with Crippen LogP contribution < -0.4 is 10.6 Å². The van der Waals surface area contributed by atoms with Crippen molar-refractivity contribution in [2.45, 2.75) is 45.1 Å². The summed E-state index contributed by atoms with van der Waals surface area (Å²) >= 11 is 0. The lowest BCUT2D eigenvalue weighted by Crippen LogP contribution is -2.50. The Labute approximate surface area is 124 Å². The van der Waals surface area contributed by atoms with Gasteiger partial charge in [0.1, 0.15) is 0 Å². The number of nitrogens with one attached hydrogen (secondary N) is 2. The van der Waals surface area contributed by atoms with Gasteiger partial charge in [-0.1, -0.05) is 19.4 Å². The van der Waals surface area contributed by atoms with E-state index in [1.165, 1.54) is 6.07 Å². The highest BCUT2D eigenvalue weighted by Crippen LogP contribution is 2.29. The van der Waals surface area contributed by atoms with Crippen LogP contribution in [0, 0.1) is 17.0 Å². The molecule has 1 aromatic carbocycles. The molecule has 0 radical (unpaired) electrons. The van der Waals surface area contributed by atoms with E-state index in [0.29, 0.717) is 11.3 Å². The van der Waals surface area contributed by atoms with Crippen molar-refractivity contribution in [3.63, 3.8) is 0 Å². The number of carbonyl (C=O) groups excluding carboxylic acids is 1. The molecule has 1 amide bonds. The van der Waals surface area contributed by atoms with Crippen LogP contribution in [0.1, 0.15) is 38.2 Å². The van der Waals surface area contributed by atoms with Gasteiger partial charge >= 0.3 is 0 Å². The second-order valence-corrected chi connectivity index (χ2v) is 5.52. The van der Waals surface area contributed by atoms with E-state index in [1.807, 2.05) is 6.92 Å². The van der Waals surface area contributed by atoms with Gasteiger partial charge in [-0.3, -0.25) is 14.9 Å². The molecule has 1 aliphatic heterocycles. The molecule has 0 saturated carbocycles. The molecule has 2 rings (SSSR count). The average Bonchev–Trinajstić information content (AvgIpc) is 2.91. The molecule has 1 saturated heterocycles. The number of carbonyl (C=O) groups is 1. The topological polar surface area (TPSA) is 84.3 Å². The summed E-state index contributed by atoms with van der Waals surface area (Å²) in [5.74, 6) is -0.0922. The molecule has 1 unspecified atom stereocenters. The van der Waals surface area contributed by atoms with Crippen molar-refractivity contribution in [1.29, 1.82) is 0 Å². The van der Waals surface area contributed by atoms with Crippen molar-refractivity contribution in [2.24, 2.45) is 0 Å². The number of nitro benzene ring substituents is 1. The second-order valence-electron chi connectivity index (χ2n) is 5.52. The summed E-state index contributed by atoms with van der Waals surface area (Å²) in [5.41, 5.74) is 0.488. The zero-order chi connectivity index (χ0) is 15.5. The smallest absolute Gasteiger partial charge is 0.274 e. The largest absolute Gasteiger partial charge is 0.324 e. The van der Waals surface area contributed by atoms with Crippen molar-refractivity contribution in [2.75, 3.05) is 11.9 Å². The van der Waals surface area contributed by atoms with Crippen molar-refractivity contribution < 1.29 is 9.72 Å². The highest BCUT2D eigenvalue weighted by molar-refractivity contribution is 5.99. The van der Waals surface area contributed by atoms with Crippen LogP contribution in [0.25, 0.3) is 0 Å². The Hall–Kier alpha value is -1.95. The highest BCUT2D eigenvalue weighted by Gasteiger charge is 2.40. The van der Waals surface area contributed by atoms with Crippen LogP contribution in [0.2, 0.25) is 0 Å². The number of benzene rings is 1. The van der Waals surface area contributed by atoms with Gasteiger partial charge in [0.2, 0.25) is 5.91 Å². The Balaban J connectivity index is 2.23. The molecule has 0 bridgehead atoms. The molecule has 1 heterocycles. The van der Waals surface area contributed by atoms with Crippen LogP contribution in [0.15, 0.2) is 18.2 Å². The highest BCUT2D eigenvalue weighted by atomic mass is 16.6. The summed E-state index contributed by atoms with van der Waals surface area (Å²) in [6.45, 7) is 4.54. The molecule has 6 nitrogen and oxygen atoms in total. The van der Waals surface area contributed by atoms with E-state index in [-0.39, 0.29) is 11.6 Å². The van der Waals surface area contributed by atoms with Crippen molar-refractivity contribution >= 4 is 17.3 Å². The van der Waals surface area contributed by atoms with E-state index in [1.54, 1.807) is 19.1 Å². The summed E-state index contributed by atoms with van der Waals surface area (Å²) in [7, 11) is 0. The maximum atomic E-state index is 12.6. The zero-order valence-electron chi connectivity index (χ0n) is 12.4. The summed E-state index contributed by atoms with van der Waals surface area (Å²) < 4.78 is 0. The van der Waals surface area contributed by atoms with Gasteiger partial charge in [-0.05, 0) is 38.8 Å². The van der Waals surface area contributed by atoms with E-state index < -0.39 is 10.5 Å². The summed E-state index contributed by atoms with van der Waals surface area (Å²) in [6, 6.07) is 4.74. The van der Waals surface area contributed by atoms with E-state index >= 15 is 0 Å². The first kappa shape index (κ1) is 15.4. The second kappa shape index (κ2) is 6.22. The lowest BCUT2D eigenvalue weighted by molar-refractivity contribution is -0.385. The molecule has 114 valence electrons. The molecule has 2 N–H and O–H groups in total. The standard InChI is InChI=1S/C15H21N3O3/c1-3-8-15(9-5-10-16-15)14(19)17-12-6-4-7-13(11(12)2)18(20)21/h4,6-7,16H,3,5,8-10H2,1-2H3,(H,17,19). The molecular formula is C15H21N3O3. The lowest BCUT2D eigenvalue weighted by Gasteiger charge is -2.28. The number of hydrogen-bond acceptors (Lipinski definition) is 4. The first-order valence-corrected chi connectivity index (χ1v) is 7.30. The molecular weight excluding hydrogens is 270 g/mol. The molecule has 6 heteroatoms. The van der Waals surface area contributed by atoms with Gasteiger partial charge in [0.15, 0.2) is 0 Å². The molecule has 1 fully saturated rings. The van der Waals surface area contributed by atoms with Gasteiger partial charge in [-0.2, -0.15) is 0 Å². The van der Waals surface area contributed by atoms with Crippen molar-refractivity contribution in [3.8, 4) is 0 Å². The van der Waals surface area contributed by atoms with Crippen molar-refractivity contribution in [1.82, 2.24) is 5.32 Å². The van der Waals surface area contributed by atoms with E-state index in [4.69, 9.17) is 0 Å². The quantitative estimate of drug-likeness (QED) is 0.645. The van der Waals surface area contributed by atoms with Gasteiger partial charge in [0, 0.05) is 6.07 Å². The molecule has 21 heavy (non-hydrogen) atoms. The number of hydrogen-bond donors (Lipinski definition) is 2. The molecule has 1 aliphatic rings. The minimum Gasteiger partial charge on any atom is -0.324 e.